The van der Waals surface area contributed by atoms with Gasteiger partial charge in [0.2, 0.25) is 17.0 Å². The predicted octanol–water partition coefficient (Wildman–Crippen LogP) is -0.983. The van der Waals surface area contributed by atoms with Gasteiger partial charge in [0.05, 0.1) is 6.54 Å². The number of aromatic nitrogens is 2. The number of primary amides is 1. The highest BCUT2D eigenvalue weighted by molar-refractivity contribution is 7.09. The molecule has 0 aromatic carbocycles. The van der Waals surface area contributed by atoms with E-state index in [4.69, 9.17) is 11.5 Å². The van der Waals surface area contributed by atoms with Gasteiger partial charge in [0.1, 0.15) is 0 Å². The zero-order valence-corrected chi connectivity index (χ0v) is 6.39. The zero-order valence-electron chi connectivity index (χ0n) is 5.57. The molecule has 1 heterocycles. The molecular weight excluding hydrogens is 166 g/mol. The Labute approximate surface area is 66.8 Å². The molecule has 0 spiro atoms. The van der Waals surface area contributed by atoms with Crippen molar-refractivity contribution in [2.24, 2.45) is 5.73 Å². The number of carbonyl (C=O) groups excluding carboxylic acids is 1. The van der Waals surface area contributed by atoms with Gasteiger partial charge in [-0.2, -0.15) is 9.36 Å². The Hall–Kier alpha value is -1.37. The maximum Gasteiger partial charge on any atom is 0.236 e. The van der Waals surface area contributed by atoms with E-state index < -0.39 is 5.91 Å². The fourth-order valence-electron chi connectivity index (χ4n) is 0.469. The lowest BCUT2D eigenvalue weighted by atomic mass is 10.6. The molecule has 0 unspecified atom stereocenters. The van der Waals surface area contributed by atoms with E-state index in [1.54, 1.807) is 0 Å². The summed E-state index contributed by atoms with van der Waals surface area (Å²) in [6, 6.07) is 0. The van der Waals surface area contributed by atoms with Crippen molar-refractivity contribution in [3.05, 3.63) is 0 Å². The largest absolute Gasteiger partial charge is 0.368 e. The maximum absolute atomic E-state index is 10.3. The van der Waals surface area contributed by atoms with Crippen LogP contribution in [-0.2, 0) is 4.79 Å². The molecule has 1 rings (SSSR count). The smallest absolute Gasteiger partial charge is 0.236 e. The van der Waals surface area contributed by atoms with Crippen molar-refractivity contribution in [2.75, 3.05) is 17.6 Å². The van der Waals surface area contributed by atoms with Gasteiger partial charge < -0.3 is 16.8 Å². The number of hydrogen-bond donors (Lipinski definition) is 3. The first-order chi connectivity index (χ1) is 5.18. The van der Waals surface area contributed by atoms with E-state index in [0.29, 0.717) is 5.13 Å². The first kappa shape index (κ1) is 7.73. The monoisotopic (exact) mass is 173 g/mol. The standard InChI is InChI=1S/C4H7N5OS/c5-2(10)1-7-4-8-3(6)9-11-4/h1H2,(H2,5,10)(H3,6,7,8,9). The third-order valence-corrected chi connectivity index (χ3v) is 1.54. The highest BCUT2D eigenvalue weighted by Crippen LogP contribution is 2.10. The molecule has 0 radical (unpaired) electrons. The van der Waals surface area contributed by atoms with Gasteiger partial charge in [0.15, 0.2) is 0 Å². The number of nitrogens with two attached hydrogens (primary N) is 2. The van der Waals surface area contributed by atoms with Crippen molar-refractivity contribution in [3.63, 3.8) is 0 Å². The highest BCUT2D eigenvalue weighted by atomic mass is 32.1. The number of amides is 1. The van der Waals surface area contributed by atoms with Crippen molar-refractivity contribution in [3.8, 4) is 0 Å². The van der Waals surface area contributed by atoms with E-state index in [1.807, 2.05) is 0 Å². The number of nitrogens with zero attached hydrogens (tertiary/aromatic N) is 2. The average molecular weight is 173 g/mol. The quantitative estimate of drug-likeness (QED) is 0.544. The predicted molar refractivity (Wildman–Crippen MR) is 42.0 cm³/mol. The molecule has 0 saturated carbocycles. The number of anilines is 2. The number of nitrogens with one attached hydrogen (secondary N) is 1. The Morgan fingerprint density at radius 2 is 2.45 bits per heavy atom. The Balaban J connectivity index is 2.45. The van der Waals surface area contributed by atoms with Gasteiger partial charge in [0, 0.05) is 11.5 Å². The van der Waals surface area contributed by atoms with Gasteiger partial charge in [0.25, 0.3) is 0 Å². The van der Waals surface area contributed by atoms with Crippen LogP contribution in [0.1, 0.15) is 0 Å². The van der Waals surface area contributed by atoms with Crippen LogP contribution in [0.5, 0.6) is 0 Å². The summed E-state index contributed by atoms with van der Waals surface area (Å²) in [7, 11) is 0. The SMILES string of the molecule is NC(=O)CNc1nc(N)ns1. The molecule has 0 aliphatic heterocycles. The summed E-state index contributed by atoms with van der Waals surface area (Å²) in [5.41, 5.74) is 10.1. The second-order valence-corrected chi connectivity index (χ2v) is 2.53. The van der Waals surface area contributed by atoms with Gasteiger partial charge in [-0.1, -0.05) is 0 Å². The number of nitrogen functional groups attached to an aromatic ring is 1. The van der Waals surface area contributed by atoms with E-state index in [1.165, 1.54) is 0 Å². The number of hydrogen-bond acceptors (Lipinski definition) is 6. The van der Waals surface area contributed by atoms with E-state index in [0.717, 1.165) is 11.5 Å². The lowest BCUT2D eigenvalue weighted by Gasteiger charge is -1.94. The summed E-state index contributed by atoms with van der Waals surface area (Å²) in [4.78, 5) is 14.0. The first-order valence-corrected chi connectivity index (χ1v) is 3.57. The molecule has 6 nitrogen and oxygen atoms in total. The maximum atomic E-state index is 10.3. The fourth-order valence-corrected chi connectivity index (χ4v) is 0.961. The topological polar surface area (TPSA) is 107 Å². The minimum absolute atomic E-state index is 0.0502. The van der Waals surface area contributed by atoms with Crippen LogP contribution in [0.2, 0.25) is 0 Å². The van der Waals surface area contributed by atoms with Crippen molar-refractivity contribution < 1.29 is 4.79 Å². The van der Waals surface area contributed by atoms with Crippen LogP contribution in [0.15, 0.2) is 0 Å². The van der Waals surface area contributed by atoms with E-state index in [9.17, 15) is 4.79 Å². The molecule has 0 aliphatic carbocycles. The van der Waals surface area contributed by atoms with Crippen molar-refractivity contribution in [1.29, 1.82) is 0 Å². The van der Waals surface area contributed by atoms with Crippen LogP contribution >= 0.6 is 11.5 Å². The fraction of sp³-hybridized carbons (Fsp3) is 0.250. The first-order valence-electron chi connectivity index (χ1n) is 2.80. The minimum atomic E-state index is -0.446. The molecule has 0 bridgehead atoms. The Morgan fingerprint density at radius 1 is 1.73 bits per heavy atom. The normalized spacial score (nSPS) is 9.45. The van der Waals surface area contributed by atoms with Crippen LogP contribution in [0, 0.1) is 0 Å². The summed E-state index contributed by atoms with van der Waals surface area (Å²) < 4.78 is 3.69. The molecular formula is C4H7N5OS. The molecule has 1 aromatic heterocycles. The number of rotatable bonds is 3. The van der Waals surface area contributed by atoms with E-state index >= 15 is 0 Å². The van der Waals surface area contributed by atoms with Crippen LogP contribution in [0.4, 0.5) is 11.1 Å². The molecule has 0 saturated heterocycles. The second kappa shape index (κ2) is 3.15. The number of carbonyl (C=O) groups is 1. The molecule has 11 heavy (non-hydrogen) atoms. The molecule has 0 fully saturated rings. The van der Waals surface area contributed by atoms with E-state index in [2.05, 4.69) is 14.7 Å². The van der Waals surface area contributed by atoms with Gasteiger partial charge in [-0.15, -0.1) is 0 Å². The van der Waals surface area contributed by atoms with Gasteiger partial charge in [-0.3, -0.25) is 4.79 Å². The molecule has 1 amide bonds. The summed E-state index contributed by atoms with van der Waals surface area (Å²) in [5, 5.41) is 3.16. The summed E-state index contributed by atoms with van der Waals surface area (Å²) >= 11 is 1.09. The molecule has 60 valence electrons. The molecule has 0 aliphatic rings. The highest BCUT2D eigenvalue weighted by Gasteiger charge is 1.99. The molecule has 5 N–H and O–H groups in total. The minimum Gasteiger partial charge on any atom is -0.368 e. The molecule has 1 aromatic rings. The Kier molecular flexibility index (Phi) is 2.21. The molecule has 7 heteroatoms. The van der Waals surface area contributed by atoms with Crippen LogP contribution in [-0.4, -0.2) is 21.8 Å². The lowest BCUT2D eigenvalue weighted by molar-refractivity contribution is -0.116. The summed E-state index contributed by atoms with van der Waals surface area (Å²) in [5.74, 6) is -0.249. The summed E-state index contributed by atoms with van der Waals surface area (Å²) in [6.07, 6.45) is 0. The average Bonchev–Trinajstić information content (AvgIpc) is 2.31. The van der Waals surface area contributed by atoms with Crippen LogP contribution in [0.3, 0.4) is 0 Å². The Bertz CT molecular complexity index is 259. The van der Waals surface area contributed by atoms with Crippen LogP contribution < -0.4 is 16.8 Å². The van der Waals surface area contributed by atoms with Crippen LogP contribution in [0.25, 0.3) is 0 Å². The van der Waals surface area contributed by atoms with Gasteiger partial charge >= 0.3 is 0 Å². The lowest BCUT2D eigenvalue weighted by Crippen LogP contribution is -2.21. The van der Waals surface area contributed by atoms with Gasteiger partial charge in [-0.25, -0.2) is 0 Å². The molecule has 0 atom stereocenters. The summed E-state index contributed by atoms with van der Waals surface area (Å²) in [6.45, 7) is 0.0502. The van der Waals surface area contributed by atoms with Crippen molar-refractivity contribution >= 4 is 28.5 Å². The third kappa shape index (κ3) is 2.38. The van der Waals surface area contributed by atoms with Gasteiger partial charge in [-0.05, 0) is 0 Å². The van der Waals surface area contributed by atoms with Crippen molar-refractivity contribution in [1.82, 2.24) is 9.36 Å². The van der Waals surface area contributed by atoms with E-state index in [-0.39, 0.29) is 12.5 Å². The Morgan fingerprint density at radius 3 is 2.91 bits per heavy atom. The van der Waals surface area contributed by atoms with Crippen molar-refractivity contribution in [2.45, 2.75) is 0 Å². The second-order valence-electron chi connectivity index (χ2n) is 1.78. The zero-order chi connectivity index (χ0) is 8.27. The third-order valence-electron chi connectivity index (χ3n) is 0.856.